The molecule has 0 saturated carbocycles. The van der Waals surface area contributed by atoms with Crippen LogP contribution in [0.15, 0.2) is 36.7 Å². The number of nitrogens with zero attached hydrogens (tertiary/aromatic N) is 2. The standard InChI is InChI=1S/C11H7FN2O2/c12-8-4-1-3-7(11(15)16)9(8)10-13-5-2-6-14-10/h1-6H,(H,15,16). The van der Waals surface area contributed by atoms with Crippen molar-refractivity contribution in [1.29, 1.82) is 0 Å². The molecule has 0 fully saturated rings. The summed E-state index contributed by atoms with van der Waals surface area (Å²) in [7, 11) is 0. The molecular formula is C11H7FN2O2. The van der Waals surface area contributed by atoms with Crippen molar-refractivity contribution in [3.05, 3.63) is 48.0 Å². The normalized spacial score (nSPS) is 10.1. The summed E-state index contributed by atoms with van der Waals surface area (Å²) in [4.78, 5) is 18.6. The highest BCUT2D eigenvalue weighted by Crippen LogP contribution is 2.23. The average molecular weight is 218 g/mol. The first-order valence-corrected chi connectivity index (χ1v) is 4.49. The topological polar surface area (TPSA) is 63.1 Å². The number of hydrogen-bond donors (Lipinski definition) is 1. The fourth-order valence-electron chi connectivity index (χ4n) is 1.36. The Morgan fingerprint density at radius 1 is 1.19 bits per heavy atom. The number of aromatic carboxylic acids is 1. The molecule has 0 unspecified atom stereocenters. The molecule has 0 atom stereocenters. The van der Waals surface area contributed by atoms with E-state index in [9.17, 15) is 9.18 Å². The molecule has 80 valence electrons. The molecule has 0 spiro atoms. The molecule has 2 aromatic rings. The summed E-state index contributed by atoms with van der Waals surface area (Å²) in [6, 6.07) is 5.41. The Labute approximate surface area is 90.4 Å². The van der Waals surface area contributed by atoms with E-state index in [2.05, 4.69) is 9.97 Å². The van der Waals surface area contributed by atoms with Gasteiger partial charge in [-0.15, -0.1) is 0 Å². The van der Waals surface area contributed by atoms with E-state index in [4.69, 9.17) is 5.11 Å². The minimum Gasteiger partial charge on any atom is -0.478 e. The predicted octanol–water partition coefficient (Wildman–Crippen LogP) is 1.98. The summed E-state index contributed by atoms with van der Waals surface area (Å²) in [5.74, 6) is -1.79. The molecule has 16 heavy (non-hydrogen) atoms. The molecule has 2 rings (SSSR count). The molecule has 0 bridgehead atoms. The van der Waals surface area contributed by atoms with Crippen LogP contribution in [-0.4, -0.2) is 21.0 Å². The van der Waals surface area contributed by atoms with Gasteiger partial charge in [0.1, 0.15) is 5.82 Å². The van der Waals surface area contributed by atoms with E-state index < -0.39 is 11.8 Å². The van der Waals surface area contributed by atoms with Gasteiger partial charge in [0.15, 0.2) is 5.82 Å². The van der Waals surface area contributed by atoms with Crippen molar-refractivity contribution in [1.82, 2.24) is 9.97 Å². The lowest BCUT2D eigenvalue weighted by molar-refractivity contribution is 0.0697. The molecule has 0 aliphatic carbocycles. The van der Waals surface area contributed by atoms with Gasteiger partial charge in [0.25, 0.3) is 0 Å². The van der Waals surface area contributed by atoms with Gasteiger partial charge in [0.2, 0.25) is 0 Å². The Bertz CT molecular complexity index is 529. The molecule has 0 aliphatic heterocycles. The monoisotopic (exact) mass is 218 g/mol. The van der Waals surface area contributed by atoms with Crippen LogP contribution in [0, 0.1) is 5.82 Å². The van der Waals surface area contributed by atoms with Gasteiger partial charge in [-0.25, -0.2) is 19.2 Å². The van der Waals surface area contributed by atoms with E-state index >= 15 is 0 Å². The molecule has 0 aliphatic rings. The van der Waals surface area contributed by atoms with Crippen molar-refractivity contribution in [2.24, 2.45) is 0 Å². The number of benzene rings is 1. The van der Waals surface area contributed by atoms with Crippen LogP contribution in [-0.2, 0) is 0 Å². The van der Waals surface area contributed by atoms with E-state index in [-0.39, 0.29) is 17.0 Å². The number of halogens is 1. The second-order valence-electron chi connectivity index (χ2n) is 3.04. The number of carbonyl (C=O) groups is 1. The van der Waals surface area contributed by atoms with Crippen LogP contribution in [0.2, 0.25) is 0 Å². The lowest BCUT2D eigenvalue weighted by atomic mass is 10.1. The molecule has 0 amide bonds. The summed E-state index contributed by atoms with van der Waals surface area (Å²) in [6.07, 6.45) is 2.86. The summed E-state index contributed by atoms with van der Waals surface area (Å²) >= 11 is 0. The molecule has 0 saturated heterocycles. The smallest absolute Gasteiger partial charge is 0.336 e. The number of carboxylic acid groups (broad SMARTS) is 1. The van der Waals surface area contributed by atoms with Crippen molar-refractivity contribution < 1.29 is 14.3 Å². The van der Waals surface area contributed by atoms with Gasteiger partial charge in [0, 0.05) is 12.4 Å². The maximum absolute atomic E-state index is 13.6. The summed E-state index contributed by atoms with van der Waals surface area (Å²) in [5.41, 5.74) is -0.234. The highest BCUT2D eigenvalue weighted by atomic mass is 19.1. The van der Waals surface area contributed by atoms with Crippen LogP contribution < -0.4 is 0 Å². The molecule has 1 N–H and O–H groups in total. The highest BCUT2D eigenvalue weighted by molar-refractivity contribution is 5.95. The van der Waals surface area contributed by atoms with Crippen LogP contribution in [0.1, 0.15) is 10.4 Å². The number of rotatable bonds is 2. The van der Waals surface area contributed by atoms with Crippen LogP contribution >= 0.6 is 0 Å². The molecule has 1 aromatic carbocycles. The Balaban J connectivity index is 2.68. The summed E-state index contributed by atoms with van der Waals surface area (Å²) < 4.78 is 13.6. The predicted molar refractivity (Wildman–Crippen MR) is 54.4 cm³/mol. The van der Waals surface area contributed by atoms with E-state index in [0.717, 1.165) is 0 Å². The molecule has 0 radical (unpaired) electrons. The maximum atomic E-state index is 13.6. The largest absolute Gasteiger partial charge is 0.478 e. The van der Waals surface area contributed by atoms with Crippen molar-refractivity contribution >= 4 is 5.97 Å². The summed E-state index contributed by atoms with van der Waals surface area (Å²) in [5, 5.41) is 8.93. The summed E-state index contributed by atoms with van der Waals surface area (Å²) in [6.45, 7) is 0. The lowest BCUT2D eigenvalue weighted by Crippen LogP contribution is -2.03. The van der Waals surface area contributed by atoms with Gasteiger partial charge >= 0.3 is 5.97 Å². The van der Waals surface area contributed by atoms with Gasteiger partial charge in [0.05, 0.1) is 11.1 Å². The van der Waals surface area contributed by atoms with Gasteiger partial charge in [-0.1, -0.05) is 6.07 Å². The average Bonchev–Trinajstić information content (AvgIpc) is 2.29. The minimum absolute atomic E-state index is 0.0676. The second kappa shape index (κ2) is 4.06. The Kier molecular flexibility index (Phi) is 2.59. The number of hydrogen-bond acceptors (Lipinski definition) is 3. The molecule has 5 heteroatoms. The number of aromatic nitrogens is 2. The van der Waals surface area contributed by atoms with Gasteiger partial charge in [-0.2, -0.15) is 0 Å². The minimum atomic E-state index is -1.21. The molecule has 1 heterocycles. The van der Waals surface area contributed by atoms with Crippen LogP contribution in [0.5, 0.6) is 0 Å². The second-order valence-corrected chi connectivity index (χ2v) is 3.04. The van der Waals surface area contributed by atoms with Crippen molar-refractivity contribution in [2.75, 3.05) is 0 Å². The first-order valence-electron chi connectivity index (χ1n) is 4.49. The van der Waals surface area contributed by atoms with Crippen LogP contribution in [0.25, 0.3) is 11.4 Å². The van der Waals surface area contributed by atoms with Gasteiger partial charge in [-0.3, -0.25) is 0 Å². The van der Waals surface area contributed by atoms with E-state index in [1.807, 2.05) is 0 Å². The maximum Gasteiger partial charge on any atom is 0.336 e. The van der Waals surface area contributed by atoms with Gasteiger partial charge in [-0.05, 0) is 18.2 Å². The third-order valence-corrected chi connectivity index (χ3v) is 2.03. The Morgan fingerprint density at radius 3 is 2.50 bits per heavy atom. The Hall–Kier alpha value is -2.30. The third kappa shape index (κ3) is 1.75. The molecule has 1 aromatic heterocycles. The van der Waals surface area contributed by atoms with Crippen LogP contribution in [0.4, 0.5) is 4.39 Å². The fourth-order valence-corrected chi connectivity index (χ4v) is 1.36. The number of carboxylic acids is 1. The zero-order valence-corrected chi connectivity index (χ0v) is 8.09. The lowest BCUT2D eigenvalue weighted by Gasteiger charge is -2.05. The zero-order chi connectivity index (χ0) is 11.5. The highest BCUT2D eigenvalue weighted by Gasteiger charge is 2.17. The SMILES string of the molecule is O=C(O)c1cccc(F)c1-c1ncccn1. The van der Waals surface area contributed by atoms with E-state index in [1.165, 1.54) is 30.6 Å². The van der Waals surface area contributed by atoms with Crippen molar-refractivity contribution in [2.45, 2.75) is 0 Å². The van der Waals surface area contributed by atoms with E-state index in [0.29, 0.717) is 0 Å². The third-order valence-electron chi connectivity index (χ3n) is 2.03. The zero-order valence-electron chi connectivity index (χ0n) is 8.09. The van der Waals surface area contributed by atoms with Crippen molar-refractivity contribution in [3.63, 3.8) is 0 Å². The first-order chi connectivity index (χ1) is 7.70. The van der Waals surface area contributed by atoms with Crippen molar-refractivity contribution in [3.8, 4) is 11.4 Å². The molecule has 4 nitrogen and oxygen atoms in total. The van der Waals surface area contributed by atoms with Crippen LogP contribution in [0.3, 0.4) is 0 Å². The fraction of sp³-hybridized carbons (Fsp3) is 0. The first kappa shape index (κ1) is 10.2. The van der Waals surface area contributed by atoms with Gasteiger partial charge < -0.3 is 5.11 Å². The molecular weight excluding hydrogens is 211 g/mol. The quantitative estimate of drug-likeness (QED) is 0.837. The van der Waals surface area contributed by atoms with E-state index in [1.54, 1.807) is 6.07 Å². The Morgan fingerprint density at radius 2 is 1.88 bits per heavy atom.